The molecule has 3 aliphatic rings. The van der Waals surface area contributed by atoms with Gasteiger partial charge in [0.15, 0.2) is 12.4 Å². The predicted octanol–water partition coefficient (Wildman–Crippen LogP) is 4.35. The molecule has 8 heteroatoms. The van der Waals surface area contributed by atoms with Crippen molar-refractivity contribution in [3.8, 4) is 0 Å². The summed E-state index contributed by atoms with van der Waals surface area (Å²) in [4.78, 5) is 18.8. The third-order valence-electron chi connectivity index (χ3n) is 6.93. The van der Waals surface area contributed by atoms with Gasteiger partial charge >= 0.3 is 13.2 Å². The van der Waals surface area contributed by atoms with Gasteiger partial charge in [0.2, 0.25) is 0 Å². The Labute approximate surface area is 208 Å². The van der Waals surface area contributed by atoms with Gasteiger partial charge in [-0.3, -0.25) is 4.99 Å². The van der Waals surface area contributed by atoms with Gasteiger partial charge in [0.05, 0.1) is 17.8 Å². The summed E-state index contributed by atoms with van der Waals surface area (Å²) in [5.41, 5.74) is 1.69. The Morgan fingerprint density at radius 2 is 1.86 bits per heavy atom. The van der Waals surface area contributed by atoms with E-state index < -0.39 is 18.3 Å². The molecule has 4 rings (SSSR count). The van der Waals surface area contributed by atoms with Gasteiger partial charge in [0, 0.05) is 31.8 Å². The van der Waals surface area contributed by atoms with E-state index in [2.05, 4.69) is 17.1 Å². The molecule has 2 heterocycles. The molecule has 2 aliphatic heterocycles. The van der Waals surface area contributed by atoms with Crippen LogP contribution in [-0.4, -0.2) is 62.3 Å². The van der Waals surface area contributed by atoms with Crippen LogP contribution in [0.25, 0.3) is 5.70 Å². The molecule has 0 spiro atoms. The Hall–Kier alpha value is -2.84. The zero-order chi connectivity index (χ0) is 25.1. The second kappa shape index (κ2) is 10.4. The van der Waals surface area contributed by atoms with E-state index in [0.29, 0.717) is 36.9 Å². The van der Waals surface area contributed by atoms with Crippen molar-refractivity contribution in [2.75, 3.05) is 26.8 Å². The van der Waals surface area contributed by atoms with Crippen molar-refractivity contribution in [2.24, 2.45) is 10.9 Å². The van der Waals surface area contributed by atoms with Crippen LogP contribution in [0, 0.1) is 5.92 Å². The van der Waals surface area contributed by atoms with Gasteiger partial charge in [-0.2, -0.15) is 0 Å². The summed E-state index contributed by atoms with van der Waals surface area (Å²) in [7, 11) is 1.33. The van der Waals surface area contributed by atoms with Crippen molar-refractivity contribution >= 4 is 30.6 Å². The van der Waals surface area contributed by atoms with Gasteiger partial charge in [0.25, 0.3) is 0 Å². The summed E-state index contributed by atoms with van der Waals surface area (Å²) in [6.07, 6.45) is 11.3. The third kappa shape index (κ3) is 5.88. The van der Waals surface area contributed by atoms with E-state index >= 15 is 0 Å². The molecule has 35 heavy (non-hydrogen) atoms. The van der Waals surface area contributed by atoms with Crippen LogP contribution >= 0.6 is 0 Å². The Bertz CT molecular complexity index is 1030. The molecule has 1 amide bonds. The lowest BCUT2D eigenvalue weighted by molar-refractivity contribution is 0.00578. The second-order valence-electron chi connectivity index (χ2n) is 10.2. The SMILES string of the molecule is CN(CC1C=CC=CC1)C(=O)OCC1=C(c2ccc(B3OC(C)(C)C(C)(C)O3)cc2)N=CCCO1. The maximum atomic E-state index is 12.6. The molecule has 0 aromatic heterocycles. The fraction of sp³-hybridized carbons (Fsp3) is 0.481. The quantitative estimate of drug-likeness (QED) is 0.569. The largest absolute Gasteiger partial charge is 0.494 e. The molecule has 1 fully saturated rings. The van der Waals surface area contributed by atoms with E-state index in [-0.39, 0.29) is 12.7 Å². The lowest BCUT2D eigenvalue weighted by atomic mass is 9.79. The van der Waals surface area contributed by atoms with Crippen molar-refractivity contribution in [3.63, 3.8) is 0 Å². The second-order valence-corrected chi connectivity index (χ2v) is 10.2. The lowest BCUT2D eigenvalue weighted by Crippen LogP contribution is -2.41. The summed E-state index contributed by atoms with van der Waals surface area (Å²) in [5.74, 6) is 0.845. The lowest BCUT2D eigenvalue weighted by Gasteiger charge is -2.32. The molecule has 0 N–H and O–H groups in total. The predicted molar refractivity (Wildman–Crippen MR) is 139 cm³/mol. The molecule has 0 radical (unpaired) electrons. The Balaban J connectivity index is 1.44. The first kappa shape index (κ1) is 25.3. The number of nitrogens with zero attached hydrogens (tertiary/aromatic N) is 2. The Morgan fingerprint density at radius 1 is 1.14 bits per heavy atom. The van der Waals surface area contributed by atoms with Gasteiger partial charge in [-0.15, -0.1) is 0 Å². The molecular formula is C27H35BN2O5. The zero-order valence-corrected chi connectivity index (χ0v) is 21.3. The Morgan fingerprint density at radius 3 is 2.51 bits per heavy atom. The highest BCUT2D eigenvalue weighted by atomic mass is 16.7. The van der Waals surface area contributed by atoms with Crippen molar-refractivity contribution in [2.45, 2.75) is 51.7 Å². The van der Waals surface area contributed by atoms with E-state index in [1.165, 1.54) is 0 Å². The van der Waals surface area contributed by atoms with Crippen molar-refractivity contribution in [3.05, 3.63) is 59.9 Å². The monoisotopic (exact) mass is 478 g/mol. The molecule has 7 nitrogen and oxygen atoms in total. The maximum absolute atomic E-state index is 12.6. The minimum absolute atomic E-state index is 0.0230. The van der Waals surface area contributed by atoms with Crippen LogP contribution in [0.1, 0.15) is 46.1 Å². The van der Waals surface area contributed by atoms with Crippen molar-refractivity contribution in [1.29, 1.82) is 0 Å². The molecule has 0 bridgehead atoms. The molecule has 1 aromatic rings. The van der Waals surface area contributed by atoms with Crippen LogP contribution in [-0.2, 0) is 18.8 Å². The van der Waals surface area contributed by atoms with Crippen molar-refractivity contribution in [1.82, 2.24) is 4.90 Å². The summed E-state index contributed by atoms with van der Waals surface area (Å²) >= 11 is 0. The number of amides is 1. The van der Waals surface area contributed by atoms with Crippen molar-refractivity contribution < 1.29 is 23.6 Å². The molecule has 1 saturated heterocycles. The number of carbonyl (C=O) groups is 1. The number of allylic oxidation sites excluding steroid dienone is 3. The maximum Gasteiger partial charge on any atom is 0.494 e. The number of benzene rings is 1. The molecule has 1 aromatic carbocycles. The topological polar surface area (TPSA) is 69.6 Å². The number of rotatable bonds is 6. The summed E-state index contributed by atoms with van der Waals surface area (Å²) < 4.78 is 23.8. The average molecular weight is 478 g/mol. The number of ether oxygens (including phenoxy) is 2. The fourth-order valence-corrected chi connectivity index (χ4v) is 4.08. The van der Waals surface area contributed by atoms with Crippen LogP contribution in [0.4, 0.5) is 4.79 Å². The zero-order valence-electron chi connectivity index (χ0n) is 21.3. The highest BCUT2D eigenvalue weighted by Gasteiger charge is 2.51. The molecule has 0 saturated carbocycles. The first-order valence-electron chi connectivity index (χ1n) is 12.2. The number of hydrogen-bond donors (Lipinski definition) is 0. The standard InChI is InChI=1S/C27H35BN2O5/c1-26(2)27(3,4)35-28(34-26)22-14-12-21(13-15-22)24-23(32-17-9-16-29-24)19-33-25(31)30(5)18-20-10-7-6-8-11-20/h6-8,10,12-16,20H,9,11,17-19H2,1-5H3. The number of aliphatic imine (C=N–C) groups is 1. The fourth-order valence-electron chi connectivity index (χ4n) is 4.08. The van der Waals surface area contributed by atoms with E-state index in [1.807, 2.05) is 70.3 Å². The van der Waals surface area contributed by atoms with Gasteiger partial charge < -0.3 is 23.7 Å². The van der Waals surface area contributed by atoms with Crippen LogP contribution in [0.5, 0.6) is 0 Å². The van der Waals surface area contributed by atoms with Gasteiger partial charge in [-0.05, 0) is 45.5 Å². The summed E-state index contributed by atoms with van der Waals surface area (Å²) in [5, 5.41) is 0. The van der Waals surface area contributed by atoms with Crippen LogP contribution in [0.3, 0.4) is 0 Å². The molecule has 1 atom stereocenters. The minimum Gasteiger partial charge on any atom is -0.492 e. The minimum atomic E-state index is -0.428. The summed E-state index contributed by atoms with van der Waals surface area (Å²) in [6, 6.07) is 7.90. The third-order valence-corrected chi connectivity index (χ3v) is 6.93. The molecular weight excluding hydrogens is 443 g/mol. The van der Waals surface area contributed by atoms with E-state index in [9.17, 15) is 4.79 Å². The normalized spacial score (nSPS) is 22.7. The first-order valence-corrected chi connectivity index (χ1v) is 12.2. The van der Waals surface area contributed by atoms with Crippen LogP contribution in [0.15, 0.2) is 59.3 Å². The van der Waals surface area contributed by atoms with E-state index in [1.54, 1.807) is 11.9 Å². The number of hydrogen-bond acceptors (Lipinski definition) is 6. The van der Waals surface area contributed by atoms with Crippen LogP contribution < -0.4 is 5.46 Å². The average Bonchev–Trinajstić information content (AvgIpc) is 2.98. The van der Waals surface area contributed by atoms with Gasteiger partial charge in [0.1, 0.15) is 5.70 Å². The molecule has 1 aliphatic carbocycles. The Kier molecular flexibility index (Phi) is 7.52. The molecule has 1 unspecified atom stereocenters. The van der Waals surface area contributed by atoms with E-state index in [4.69, 9.17) is 18.8 Å². The highest BCUT2D eigenvalue weighted by Crippen LogP contribution is 2.36. The first-order chi connectivity index (χ1) is 16.7. The molecule has 186 valence electrons. The van der Waals surface area contributed by atoms with Crippen LogP contribution in [0.2, 0.25) is 0 Å². The van der Waals surface area contributed by atoms with Gasteiger partial charge in [-0.1, -0.05) is 48.6 Å². The van der Waals surface area contributed by atoms with E-state index in [0.717, 1.165) is 17.4 Å². The number of carbonyl (C=O) groups excluding carboxylic acids is 1. The smallest absolute Gasteiger partial charge is 0.492 e. The summed E-state index contributed by atoms with van der Waals surface area (Å²) in [6.45, 7) is 9.27. The van der Waals surface area contributed by atoms with Gasteiger partial charge in [-0.25, -0.2) is 4.79 Å². The highest BCUT2D eigenvalue weighted by molar-refractivity contribution is 6.62.